The Morgan fingerprint density at radius 3 is 2.33 bits per heavy atom. The van der Waals surface area contributed by atoms with Gasteiger partial charge in [0.1, 0.15) is 11.5 Å². The van der Waals surface area contributed by atoms with Gasteiger partial charge in [-0.05, 0) is 56.3 Å². The van der Waals surface area contributed by atoms with Gasteiger partial charge in [-0.3, -0.25) is 9.52 Å². The van der Waals surface area contributed by atoms with Gasteiger partial charge in [-0.25, -0.2) is 8.42 Å². The third-order valence-corrected chi connectivity index (χ3v) is 4.40. The third kappa shape index (κ3) is 4.17. The maximum absolute atomic E-state index is 12.4. The number of anilines is 1. The second kappa shape index (κ2) is 6.79. The second-order valence-electron chi connectivity index (χ2n) is 5.34. The number of ether oxygens (including phenoxy) is 1. The zero-order chi connectivity index (χ0) is 17.9. The average Bonchev–Trinajstić information content (AvgIpc) is 2.48. The molecule has 0 saturated carbocycles. The fraction of sp³-hybridized carbons (Fsp3) is 0.188. The van der Waals surface area contributed by atoms with Crippen molar-refractivity contribution in [2.75, 3.05) is 4.72 Å². The average molecular weight is 350 g/mol. The number of phenols is 1. The molecule has 0 unspecified atom stereocenters. The molecule has 0 bridgehead atoms. The van der Waals surface area contributed by atoms with E-state index >= 15 is 0 Å². The molecule has 0 aliphatic heterocycles. The van der Waals surface area contributed by atoms with Crippen LogP contribution in [0.15, 0.2) is 47.4 Å². The summed E-state index contributed by atoms with van der Waals surface area (Å²) in [6.07, 6.45) is 0.0109. The minimum absolute atomic E-state index is 0.0109. The van der Waals surface area contributed by atoms with Crippen molar-refractivity contribution >= 4 is 21.6 Å². The quantitative estimate of drug-likeness (QED) is 0.737. The Bertz CT molecular complexity index is 845. The van der Waals surface area contributed by atoms with E-state index in [1.807, 2.05) is 13.8 Å². The fourth-order valence-electron chi connectivity index (χ4n) is 1.97. The van der Waals surface area contributed by atoms with Gasteiger partial charge in [0.15, 0.2) is 0 Å². The van der Waals surface area contributed by atoms with Gasteiger partial charge in [0, 0.05) is 5.69 Å². The summed E-state index contributed by atoms with van der Waals surface area (Å²) in [5.41, 5.74) is 5.18. The highest BCUT2D eigenvalue weighted by Gasteiger charge is 2.18. The van der Waals surface area contributed by atoms with Crippen LogP contribution in [0.2, 0.25) is 0 Å². The van der Waals surface area contributed by atoms with E-state index in [2.05, 4.69) is 4.72 Å². The zero-order valence-electron chi connectivity index (χ0n) is 13.2. The third-order valence-electron chi connectivity index (χ3n) is 3.02. The van der Waals surface area contributed by atoms with Crippen LogP contribution in [0.1, 0.15) is 24.2 Å². The van der Waals surface area contributed by atoms with Crippen molar-refractivity contribution in [2.45, 2.75) is 24.8 Å². The van der Waals surface area contributed by atoms with Crippen molar-refractivity contribution < 1.29 is 23.1 Å². The first-order valence-corrected chi connectivity index (χ1v) is 8.60. The summed E-state index contributed by atoms with van der Waals surface area (Å²) in [5, 5.41) is 9.53. The smallest absolute Gasteiger partial charge is 0.261 e. The molecule has 0 aromatic heterocycles. The lowest BCUT2D eigenvalue weighted by atomic mass is 10.2. The number of amides is 1. The van der Waals surface area contributed by atoms with E-state index in [9.17, 15) is 18.3 Å². The molecule has 2 aromatic carbocycles. The first-order chi connectivity index (χ1) is 11.2. The normalized spacial score (nSPS) is 11.3. The summed E-state index contributed by atoms with van der Waals surface area (Å²) < 4.78 is 32.6. The van der Waals surface area contributed by atoms with Gasteiger partial charge in [-0.15, -0.1) is 0 Å². The van der Waals surface area contributed by atoms with Gasteiger partial charge in [0.2, 0.25) is 0 Å². The molecule has 0 saturated heterocycles. The summed E-state index contributed by atoms with van der Waals surface area (Å²) >= 11 is 0. The Morgan fingerprint density at radius 2 is 1.79 bits per heavy atom. The predicted molar refractivity (Wildman–Crippen MR) is 89.6 cm³/mol. The lowest BCUT2D eigenvalue weighted by Gasteiger charge is -2.12. The molecule has 0 aliphatic rings. The van der Waals surface area contributed by atoms with Crippen molar-refractivity contribution in [3.63, 3.8) is 0 Å². The molecule has 24 heavy (non-hydrogen) atoms. The monoisotopic (exact) mass is 350 g/mol. The van der Waals surface area contributed by atoms with E-state index in [1.165, 1.54) is 6.07 Å². The summed E-state index contributed by atoms with van der Waals surface area (Å²) in [7, 11) is -3.93. The van der Waals surface area contributed by atoms with Gasteiger partial charge in [0.05, 0.1) is 16.6 Å². The van der Waals surface area contributed by atoms with Gasteiger partial charge < -0.3 is 15.6 Å². The number of carbonyl (C=O) groups excluding carboxylic acids is 1. The Labute approximate surface area is 140 Å². The minimum Gasteiger partial charge on any atom is -0.507 e. The number of hydrogen-bond donors (Lipinski definition) is 3. The number of carbonyl (C=O) groups is 1. The van der Waals surface area contributed by atoms with E-state index in [0.717, 1.165) is 12.1 Å². The molecule has 128 valence electrons. The van der Waals surface area contributed by atoms with Crippen LogP contribution in [0, 0.1) is 0 Å². The number of nitrogens with two attached hydrogens (primary N) is 1. The van der Waals surface area contributed by atoms with Crippen molar-refractivity contribution in [1.82, 2.24) is 0 Å². The van der Waals surface area contributed by atoms with E-state index in [1.54, 1.807) is 24.3 Å². The number of benzene rings is 2. The molecular formula is C16H18N2O5S. The van der Waals surface area contributed by atoms with Crippen LogP contribution >= 0.6 is 0 Å². The summed E-state index contributed by atoms with van der Waals surface area (Å²) in [5.74, 6) is -0.676. The molecule has 8 heteroatoms. The highest BCUT2D eigenvalue weighted by Crippen LogP contribution is 2.24. The van der Waals surface area contributed by atoms with Gasteiger partial charge >= 0.3 is 0 Å². The van der Waals surface area contributed by atoms with E-state index < -0.39 is 15.9 Å². The molecule has 0 fully saturated rings. The summed E-state index contributed by atoms with van der Waals surface area (Å²) in [4.78, 5) is 11.0. The number of sulfonamides is 1. The zero-order valence-corrected chi connectivity index (χ0v) is 14.0. The van der Waals surface area contributed by atoms with Crippen molar-refractivity contribution in [2.24, 2.45) is 5.73 Å². The standard InChI is InChI=1S/C16H18N2O5S/c1-10(2)23-12-5-3-11(4-6-12)18-24(21,22)13-7-8-15(19)14(9-13)16(17)20/h3-10,18-19H,1-2H3,(H2,17,20). The highest BCUT2D eigenvalue weighted by atomic mass is 32.2. The number of nitrogens with one attached hydrogen (secondary N) is 1. The SMILES string of the molecule is CC(C)Oc1ccc(NS(=O)(=O)c2ccc(O)c(C(N)=O)c2)cc1. The Kier molecular flexibility index (Phi) is 4.99. The summed E-state index contributed by atoms with van der Waals surface area (Å²) in [6, 6.07) is 9.72. The van der Waals surface area contributed by atoms with E-state index in [-0.39, 0.29) is 22.3 Å². The van der Waals surface area contributed by atoms with Crippen LogP contribution in [-0.4, -0.2) is 25.5 Å². The van der Waals surface area contributed by atoms with Crippen LogP contribution in [0.25, 0.3) is 0 Å². The Hall–Kier alpha value is -2.74. The largest absolute Gasteiger partial charge is 0.507 e. The Morgan fingerprint density at radius 1 is 1.17 bits per heavy atom. The first-order valence-electron chi connectivity index (χ1n) is 7.11. The number of rotatable bonds is 6. The molecule has 0 aliphatic carbocycles. The van der Waals surface area contributed by atoms with Gasteiger partial charge in [0.25, 0.3) is 15.9 Å². The first kappa shape index (κ1) is 17.6. The number of aromatic hydroxyl groups is 1. The van der Waals surface area contributed by atoms with Gasteiger partial charge in [-0.1, -0.05) is 0 Å². The number of hydrogen-bond acceptors (Lipinski definition) is 5. The molecule has 2 aromatic rings. The fourth-order valence-corrected chi connectivity index (χ4v) is 3.05. The van der Waals surface area contributed by atoms with Crippen molar-refractivity contribution in [1.29, 1.82) is 0 Å². The molecular weight excluding hydrogens is 332 g/mol. The van der Waals surface area contributed by atoms with Gasteiger partial charge in [-0.2, -0.15) is 0 Å². The van der Waals surface area contributed by atoms with Crippen molar-refractivity contribution in [3.05, 3.63) is 48.0 Å². The lowest BCUT2D eigenvalue weighted by molar-refractivity contribution is 0.0997. The molecule has 1 amide bonds. The molecule has 0 atom stereocenters. The van der Waals surface area contributed by atoms with Crippen LogP contribution in [0.3, 0.4) is 0 Å². The van der Waals surface area contributed by atoms with Crippen molar-refractivity contribution in [3.8, 4) is 11.5 Å². The highest BCUT2D eigenvalue weighted by molar-refractivity contribution is 7.92. The van der Waals surface area contributed by atoms with Crippen LogP contribution < -0.4 is 15.2 Å². The van der Waals surface area contributed by atoms with E-state index in [0.29, 0.717) is 11.4 Å². The summed E-state index contributed by atoms with van der Waals surface area (Å²) in [6.45, 7) is 3.77. The topological polar surface area (TPSA) is 119 Å². The van der Waals surface area contributed by atoms with Crippen LogP contribution in [0.4, 0.5) is 5.69 Å². The molecule has 0 heterocycles. The van der Waals surface area contributed by atoms with Crippen LogP contribution in [-0.2, 0) is 10.0 Å². The number of primary amides is 1. The minimum atomic E-state index is -3.93. The molecule has 7 nitrogen and oxygen atoms in total. The molecule has 0 spiro atoms. The van der Waals surface area contributed by atoms with E-state index in [4.69, 9.17) is 10.5 Å². The lowest BCUT2D eigenvalue weighted by Crippen LogP contribution is -2.16. The predicted octanol–water partition coefficient (Wildman–Crippen LogP) is 2.08. The molecule has 2 rings (SSSR count). The second-order valence-corrected chi connectivity index (χ2v) is 7.02. The maximum Gasteiger partial charge on any atom is 0.261 e. The Balaban J connectivity index is 2.25. The maximum atomic E-state index is 12.4. The molecule has 0 radical (unpaired) electrons. The molecule has 4 N–H and O–H groups in total. The van der Waals surface area contributed by atoms with Crippen LogP contribution in [0.5, 0.6) is 11.5 Å².